The summed E-state index contributed by atoms with van der Waals surface area (Å²) in [5.41, 5.74) is 2.05. The maximum Gasteiger partial charge on any atom is 0.303 e. The van der Waals surface area contributed by atoms with Gasteiger partial charge in [-0.3, -0.25) is 9.59 Å². The van der Waals surface area contributed by atoms with Gasteiger partial charge in [-0.1, -0.05) is 24.3 Å². The van der Waals surface area contributed by atoms with Crippen LogP contribution < -0.4 is 0 Å². The molecule has 0 spiro atoms. The molecule has 0 atom stereocenters. The lowest BCUT2D eigenvalue weighted by atomic mass is 10.0. The van der Waals surface area contributed by atoms with Crippen molar-refractivity contribution >= 4 is 11.8 Å². The van der Waals surface area contributed by atoms with Crippen LogP contribution in [0.1, 0.15) is 24.0 Å². The van der Waals surface area contributed by atoms with Crippen LogP contribution in [0.5, 0.6) is 0 Å². The minimum atomic E-state index is -0.923. The van der Waals surface area contributed by atoms with Gasteiger partial charge >= 0.3 is 5.97 Å². The van der Waals surface area contributed by atoms with Crippen LogP contribution in [0.25, 0.3) is 0 Å². The molecule has 0 aliphatic heterocycles. The van der Waals surface area contributed by atoms with E-state index < -0.39 is 5.97 Å². The van der Waals surface area contributed by atoms with E-state index in [0.29, 0.717) is 6.42 Å². The number of carbonyl (C=O) groups excluding carboxylic acids is 1. The molecule has 3 nitrogen and oxygen atoms in total. The third-order valence-electron chi connectivity index (χ3n) is 2.27. The molecule has 1 aromatic rings. The summed E-state index contributed by atoms with van der Waals surface area (Å²) >= 11 is 0. The molecule has 0 saturated carbocycles. The predicted octanol–water partition coefficient (Wildman–Crippen LogP) is 1.97. The summed E-state index contributed by atoms with van der Waals surface area (Å²) < 4.78 is 0. The van der Waals surface area contributed by atoms with Gasteiger partial charge in [-0.05, 0) is 18.1 Å². The van der Waals surface area contributed by atoms with Gasteiger partial charge in [0.25, 0.3) is 0 Å². The molecular formula is C12H14O3. The number of ketones is 1. The second-order valence-corrected chi connectivity index (χ2v) is 3.54. The van der Waals surface area contributed by atoms with Crippen molar-refractivity contribution in [3.8, 4) is 0 Å². The number of rotatable bonds is 5. The molecule has 0 radical (unpaired) electrons. The van der Waals surface area contributed by atoms with Gasteiger partial charge in [0.1, 0.15) is 5.78 Å². The minimum Gasteiger partial charge on any atom is -0.481 e. The molecule has 15 heavy (non-hydrogen) atoms. The number of carboxylic acids is 1. The number of carboxylic acid groups (broad SMARTS) is 1. The van der Waals surface area contributed by atoms with Gasteiger partial charge in [0.2, 0.25) is 0 Å². The van der Waals surface area contributed by atoms with Crippen molar-refractivity contribution in [2.24, 2.45) is 0 Å². The van der Waals surface area contributed by atoms with E-state index in [2.05, 4.69) is 0 Å². The zero-order valence-electron chi connectivity index (χ0n) is 8.69. The SMILES string of the molecule is Cc1ccccc1CC(=O)CCC(=O)O. The molecule has 1 rings (SSSR count). The number of hydrogen-bond acceptors (Lipinski definition) is 2. The smallest absolute Gasteiger partial charge is 0.303 e. The van der Waals surface area contributed by atoms with E-state index in [1.807, 2.05) is 31.2 Å². The van der Waals surface area contributed by atoms with Crippen LogP contribution in [-0.4, -0.2) is 16.9 Å². The maximum atomic E-state index is 11.4. The van der Waals surface area contributed by atoms with Gasteiger partial charge in [-0.25, -0.2) is 0 Å². The molecule has 0 unspecified atom stereocenters. The lowest BCUT2D eigenvalue weighted by molar-refractivity contribution is -0.138. The molecule has 0 heterocycles. The van der Waals surface area contributed by atoms with Crippen molar-refractivity contribution in [1.82, 2.24) is 0 Å². The van der Waals surface area contributed by atoms with Crippen molar-refractivity contribution in [2.45, 2.75) is 26.2 Å². The summed E-state index contributed by atoms with van der Waals surface area (Å²) in [5, 5.41) is 8.43. The molecule has 1 N–H and O–H groups in total. The van der Waals surface area contributed by atoms with E-state index in [-0.39, 0.29) is 18.6 Å². The van der Waals surface area contributed by atoms with Gasteiger partial charge in [0.05, 0.1) is 6.42 Å². The first-order chi connectivity index (χ1) is 7.09. The molecule has 80 valence electrons. The number of hydrogen-bond donors (Lipinski definition) is 1. The molecule has 0 fully saturated rings. The summed E-state index contributed by atoms with van der Waals surface area (Å²) in [6.45, 7) is 1.94. The summed E-state index contributed by atoms with van der Waals surface area (Å²) in [6, 6.07) is 7.64. The molecule has 0 amide bonds. The van der Waals surface area contributed by atoms with Crippen LogP contribution in [0.2, 0.25) is 0 Å². The Morgan fingerprint density at radius 3 is 2.47 bits per heavy atom. The van der Waals surface area contributed by atoms with E-state index in [9.17, 15) is 9.59 Å². The van der Waals surface area contributed by atoms with Crippen molar-refractivity contribution in [1.29, 1.82) is 0 Å². The third-order valence-corrected chi connectivity index (χ3v) is 2.27. The summed E-state index contributed by atoms with van der Waals surface area (Å²) in [7, 11) is 0. The largest absolute Gasteiger partial charge is 0.481 e. The van der Waals surface area contributed by atoms with Crippen LogP contribution in [0, 0.1) is 6.92 Å². The Bertz CT molecular complexity index is 369. The molecule has 0 aliphatic carbocycles. The van der Waals surface area contributed by atoms with E-state index in [1.165, 1.54) is 0 Å². The number of carbonyl (C=O) groups is 2. The third kappa shape index (κ3) is 3.94. The zero-order chi connectivity index (χ0) is 11.3. The quantitative estimate of drug-likeness (QED) is 0.801. The topological polar surface area (TPSA) is 54.4 Å². The normalized spacial score (nSPS) is 9.93. The van der Waals surface area contributed by atoms with Crippen molar-refractivity contribution in [3.63, 3.8) is 0 Å². The van der Waals surface area contributed by atoms with Gasteiger partial charge in [0, 0.05) is 12.8 Å². The number of benzene rings is 1. The Hall–Kier alpha value is -1.64. The highest BCUT2D eigenvalue weighted by Crippen LogP contribution is 2.09. The number of aliphatic carboxylic acids is 1. The first kappa shape index (κ1) is 11.4. The second-order valence-electron chi connectivity index (χ2n) is 3.54. The molecule has 0 bridgehead atoms. The minimum absolute atomic E-state index is 0.0216. The van der Waals surface area contributed by atoms with Crippen LogP contribution >= 0.6 is 0 Å². The van der Waals surface area contributed by atoms with Gasteiger partial charge in [0.15, 0.2) is 0 Å². The molecular weight excluding hydrogens is 192 g/mol. The Morgan fingerprint density at radius 2 is 1.87 bits per heavy atom. The fourth-order valence-corrected chi connectivity index (χ4v) is 1.36. The Labute approximate surface area is 88.7 Å². The van der Waals surface area contributed by atoms with E-state index in [1.54, 1.807) is 0 Å². The fourth-order valence-electron chi connectivity index (χ4n) is 1.36. The van der Waals surface area contributed by atoms with Crippen LogP contribution in [-0.2, 0) is 16.0 Å². The second kappa shape index (κ2) is 5.29. The number of aryl methyl sites for hydroxylation is 1. The zero-order valence-corrected chi connectivity index (χ0v) is 8.69. The average Bonchev–Trinajstić information content (AvgIpc) is 2.18. The lowest BCUT2D eigenvalue weighted by Crippen LogP contribution is -2.07. The van der Waals surface area contributed by atoms with Gasteiger partial charge in [-0.2, -0.15) is 0 Å². The van der Waals surface area contributed by atoms with E-state index in [0.717, 1.165) is 11.1 Å². The molecule has 0 aromatic heterocycles. The fraction of sp³-hybridized carbons (Fsp3) is 0.333. The molecule has 3 heteroatoms. The van der Waals surface area contributed by atoms with Gasteiger partial charge < -0.3 is 5.11 Å². The van der Waals surface area contributed by atoms with Crippen LogP contribution in [0.15, 0.2) is 24.3 Å². The van der Waals surface area contributed by atoms with Crippen LogP contribution in [0.3, 0.4) is 0 Å². The van der Waals surface area contributed by atoms with Crippen molar-refractivity contribution in [2.75, 3.05) is 0 Å². The van der Waals surface area contributed by atoms with Crippen molar-refractivity contribution < 1.29 is 14.7 Å². The van der Waals surface area contributed by atoms with Crippen LogP contribution in [0.4, 0.5) is 0 Å². The first-order valence-corrected chi connectivity index (χ1v) is 4.87. The van der Waals surface area contributed by atoms with Gasteiger partial charge in [-0.15, -0.1) is 0 Å². The molecule has 0 aliphatic rings. The summed E-state index contributed by atoms with van der Waals surface area (Å²) in [4.78, 5) is 21.7. The highest BCUT2D eigenvalue weighted by atomic mass is 16.4. The summed E-state index contributed by atoms with van der Waals surface area (Å²) in [5.74, 6) is -0.945. The highest BCUT2D eigenvalue weighted by Gasteiger charge is 2.07. The molecule has 1 aromatic carbocycles. The van der Waals surface area contributed by atoms with Crippen molar-refractivity contribution in [3.05, 3.63) is 35.4 Å². The highest BCUT2D eigenvalue weighted by molar-refractivity contribution is 5.84. The predicted molar refractivity (Wildman–Crippen MR) is 56.8 cm³/mol. The maximum absolute atomic E-state index is 11.4. The van der Waals surface area contributed by atoms with E-state index in [4.69, 9.17) is 5.11 Å². The van der Waals surface area contributed by atoms with E-state index >= 15 is 0 Å². The monoisotopic (exact) mass is 206 g/mol. The Balaban J connectivity index is 2.52. The average molecular weight is 206 g/mol. The lowest BCUT2D eigenvalue weighted by Gasteiger charge is -2.03. The standard InChI is InChI=1S/C12H14O3/c1-9-4-2-3-5-10(9)8-11(13)6-7-12(14)15/h2-5H,6-8H2,1H3,(H,14,15). The Morgan fingerprint density at radius 1 is 1.20 bits per heavy atom. The first-order valence-electron chi connectivity index (χ1n) is 4.87. The number of Topliss-reactive ketones (excluding diaryl/α,β-unsaturated/α-hetero) is 1. The Kier molecular flexibility index (Phi) is 4.03. The molecule has 0 saturated heterocycles. The summed E-state index contributed by atoms with van der Waals surface area (Å²) in [6.07, 6.45) is 0.369.